The molecule has 0 aliphatic carbocycles. The molecule has 1 atom stereocenters. The Balaban J connectivity index is 1.90. The standard InChI is InChI=1S/C16H14N2OS/c1-11-14-6-8-20-15(14)5-7-18(11)16(19)13-4-2-3-12(9-13)10-17/h2-4,6,8-9,11H,5,7H2,1H3/t11-/m1/s1. The van der Waals surface area contributed by atoms with E-state index in [2.05, 4.69) is 24.4 Å². The summed E-state index contributed by atoms with van der Waals surface area (Å²) in [7, 11) is 0. The lowest BCUT2D eigenvalue weighted by Crippen LogP contribution is -2.38. The number of hydrogen-bond donors (Lipinski definition) is 0. The van der Waals surface area contributed by atoms with E-state index >= 15 is 0 Å². The maximum absolute atomic E-state index is 12.6. The van der Waals surface area contributed by atoms with Gasteiger partial charge in [-0.1, -0.05) is 6.07 Å². The van der Waals surface area contributed by atoms with Gasteiger partial charge in [-0.25, -0.2) is 0 Å². The summed E-state index contributed by atoms with van der Waals surface area (Å²) in [6.07, 6.45) is 0.918. The third-order valence-corrected chi connectivity index (χ3v) is 4.77. The van der Waals surface area contributed by atoms with Gasteiger partial charge in [0.25, 0.3) is 5.91 Å². The first-order chi connectivity index (χ1) is 9.70. The van der Waals surface area contributed by atoms with Crippen molar-refractivity contribution in [3.63, 3.8) is 0 Å². The molecule has 3 rings (SSSR count). The number of hydrogen-bond acceptors (Lipinski definition) is 3. The summed E-state index contributed by atoms with van der Waals surface area (Å²) in [6, 6.07) is 11.2. The lowest BCUT2D eigenvalue weighted by atomic mass is 10.00. The van der Waals surface area contributed by atoms with Crippen LogP contribution in [0.25, 0.3) is 0 Å². The first kappa shape index (κ1) is 12.9. The average Bonchev–Trinajstić information content (AvgIpc) is 2.96. The molecule has 1 aromatic heterocycles. The van der Waals surface area contributed by atoms with Crippen LogP contribution in [0, 0.1) is 11.3 Å². The van der Waals surface area contributed by atoms with Crippen molar-refractivity contribution < 1.29 is 4.79 Å². The van der Waals surface area contributed by atoms with Gasteiger partial charge in [-0.05, 0) is 48.6 Å². The van der Waals surface area contributed by atoms with Gasteiger partial charge in [0, 0.05) is 17.0 Å². The molecule has 2 heterocycles. The van der Waals surface area contributed by atoms with Gasteiger partial charge in [0.1, 0.15) is 0 Å². The maximum Gasteiger partial charge on any atom is 0.254 e. The van der Waals surface area contributed by atoms with Gasteiger partial charge in [-0.15, -0.1) is 11.3 Å². The van der Waals surface area contributed by atoms with Crippen molar-refractivity contribution in [2.75, 3.05) is 6.54 Å². The van der Waals surface area contributed by atoms with Crippen molar-refractivity contribution in [1.29, 1.82) is 5.26 Å². The molecule has 0 radical (unpaired) electrons. The van der Waals surface area contributed by atoms with E-state index in [4.69, 9.17) is 5.26 Å². The largest absolute Gasteiger partial charge is 0.331 e. The summed E-state index contributed by atoms with van der Waals surface area (Å²) in [6.45, 7) is 2.81. The van der Waals surface area contributed by atoms with Crippen LogP contribution in [0.4, 0.5) is 0 Å². The number of carbonyl (C=O) groups is 1. The number of rotatable bonds is 1. The Labute approximate surface area is 122 Å². The Kier molecular flexibility index (Phi) is 3.29. The van der Waals surface area contributed by atoms with E-state index in [1.807, 2.05) is 4.90 Å². The van der Waals surface area contributed by atoms with Gasteiger partial charge < -0.3 is 4.90 Å². The van der Waals surface area contributed by atoms with Crippen molar-refractivity contribution in [3.05, 3.63) is 57.3 Å². The summed E-state index contributed by atoms with van der Waals surface area (Å²) in [5.74, 6) is 0.00597. The zero-order valence-corrected chi connectivity index (χ0v) is 12.0. The molecule has 1 aromatic carbocycles. The third-order valence-electron chi connectivity index (χ3n) is 3.78. The van der Waals surface area contributed by atoms with E-state index in [0.29, 0.717) is 11.1 Å². The SMILES string of the molecule is C[C@@H]1c2ccsc2CCN1C(=O)c1cccc(C#N)c1. The normalized spacial score (nSPS) is 17.4. The van der Waals surface area contributed by atoms with Gasteiger partial charge in [-0.2, -0.15) is 5.26 Å². The van der Waals surface area contributed by atoms with Crippen molar-refractivity contribution in [3.8, 4) is 6.07 Å². The van der Waals surface area contributed by atoms with Crippen molar-refractivity contribution in [1.82, 2.24) is 4.90 Å². The quantitative estimate of drug-likeness (QED) is 0.805. The molecule has 0 N–H and O–H groups in total. The number of benzene rings is 1. The highest BCUT2D eigenvalue weighted by Crippen LogP contribution is 2.33. The van der Waals surface area contributed by atoms with Crippen molar-refractivity contribution in [2.24, 2.45) is 0 Å². The monoisotopic (exact) mass is 282 g/mol. The summed E-state index contributed by atoms with van der Waals surface area (Å²) < 4.78 is 0. The first-order valence-electron chi connectivity index (χ1n) is 6.58. The van der Waals surface area contributed by atoms with E-state index in [1.165, 1.54) is 10.4 Å². The lowest BCUT2D eigenvalue weighted by molar-refractivity contribution is 0.0679. The average molecular weight is 282 g/mol. The number of amides is 1. The van der Waals surface area contributed by atoms with E-state index in [9.17, 15) is 4.79 Å². The maximum atomic E-state index is 12.6. The Morgan fingerprint density at radius 2 is 2.30 bits per heavy atom. The molecule has 0 bridgehead atoms. The molecule has 1 aliphatic heterocycles. The highest BCUT2D eigenvalue weighted by molar-refractivity contribution is 7.10. The zero-order valence-electron chi connectivity index (χ0n) is 11.2. The second-order valence-electron chi connectivity index (χ2n) is 4.92. The fourth-order valence-corrected chi connectivity index (χ4v) is 3.64. The second kappa shape index (κ2) is 5.10. The Bertz CT molecular complexity index is 698. The Hall–Kier alpha value is -2.12. The van der Waals surface area contributed by atoms with Crippen LogP contribution in [-0.4, -0.2) is 17.4 Å². The minimum absolute atomic E-state index is 0.00597. The summed E-state index contributed by atoms with van der Waals surface area (Å²) in [4.78, 5) is 15.9. The smallest absolute Gasteiger partial charge is 0.254 e. The van der Waals surface area contributed by atoms with Gasteiger partial charge in [0.15, 0.2) is 0 Å². The summed E-state index contributed by atoms with van der Waals surface area (Å²) in [5, 5.41) is 11.0. The van der Waals surface area contributed by atoms with Crippen LogP contribution in [0.1, 0.15) is 39.3 Å². The van der Waals surface area contributed by atoms with E-state index < -0.39 is 0 Å². The molecule has 1 aliphatic rings. The molecule has 1 amide bonds. The molecule has 3 nitrogen and oxygen atoms in total. The number of carbonyl (C=O) groups excluding carboxylic acids is 1. The predicted octanol–water partition coefficient (Wildman–Crippen LogP) is 3.38. The van der Waals surface area contributed by atoms with Gasteiger partial charge in [0.2, 0.25) is 0 Å². The molecule has 0 saturated heterocycles. The molecule has 4 heteroatoms. The van der Waals surface area contributed by atoms with Gasteiger partial charge in [-0.3, -0.25) is 4.79 Å². The molecule has 2 aromatic rings. The molecule has 0 unspecified atom stereocenters. The molecule has 100 valence electrons. The van der Waals surface area contributed by atoms with Gasteiger partial charge in [0.05, 0.1) is 17.7 Å². The summed E-state index contributed by atoms with van der Waals surface area (Å²) in [5.41, 5.74) is 2.37. The molecular weight excluding hydrogens is 268 g/mol. The van der Waals surface area contributed by atoms with E-state index in [0.717, 1.165) is 13.0 Å². The van der Waals surface area contributed by atoms with Crippen molar-refractivity contribution in [2.45, 2.75) is 19.4 Å². The number of nitrogens with zero attached hydrogens (tertiary/aromatic N) is 2. The van der Waals surface area contributed by atoms with Crippen LogP contribution in [-0.2, 0) is 6.42 Å². The molecule has 0 spiro atoms. The van der Waals surface area contributed by atoms with E-state index in [-0.39, 0.29) is 11.9 Å². The topological polar surface area (TPSA) is 44.1 Å². The Morgan fingerprint density at radius 3 is 3.10 bits per heavy atom. The summed E-state index contributed by atoms with van der Waals surface area (Å²) >= 11 is 1.76. The number of thiophene rings is 1. The number of nitriles is 1. The van der Waals surface area contributed by atoms with Crippen LogP contribution in [0.5, 0.6) is 0 Å². The highest BCUT2D eigenvalue weighted by Gasteiger charge is 2.28. The molecular formula is C16H14N2OS. The molecule has 0 saturated carbocycles. The molecule has 0 fully saturated rings. The van der Waals surface area contributed by atoms with Crippen molar-refractivity contribution >= 4 is 17.2 Å². The predicted molar refractivity (Wildman–Crippen MR) is 78.6 cm³/mol. The Morgan fingerprint density at radius 1 is 1.45 bits per heavy atom. The zero-order chi connectivity index (χ0) is 14.1. The van der Waals surface area contributed by atoms with E-state index in [1.54, 1.807) is 35.6 Å². The van der Waals surface area contributed by atoms with Crippen LogP contribution < -0.4 is 0 Å². The van der Waals surface area contributed by atoms with Crippen LogP contribution >= 0.6 is 11.3 Å². The minimum Gasteiger partial charge on any atom is -0.331 e. The number of fused-ring (bicyclic) bond motifs is 1. The van der Waals surface area contributed by atoms with Crippen LogP contribution in [0.3, 0.4) is 0 Å². The second-order valence-corrected chi connectivity index (χ2v) is 5.92. The van der Waals surface area contributed by atoms with Crippen LogP contribution in [0.15, 0.2) is 35.7 Å². The van der Waals surface area contributed by atoms with Gasteiger partial charge >= 0.3 is 0 Å². The first-order valence-corrected chi connectivity index (χ1v) is 7.46. The molecule has 20 heavy (non-hydrogen) atoms. The fraction of sp³-hybridized carbons (Fsp3) is 0.250. The third kappa shape index (κ3) is 2.10. The highest BCUT2D eigenvalue weighted by atomic mass is 32.1. The fourth-order valence-electron chi connectivity index (χ4n) is 2.67. The lowest BCUT2D eigenvalue weighted by Gasteiger charge is -2.33. The van der Waals surface area contributed by atoms with Crippen LogP contribution in [0.2, 0.25) is 0 Å². The minimum atomic E-state index is 0.00597.